The Morgan fingerprint density at radius 3 is 2.39 bits per heavy atom. The van der Waals surface area contributed by atoms with Crippen molar-refractivity contribution in [2.45, 2.75) is 39.7 Å². The van der Waals surface area contributed by atoms with Gasteiger partial charge in [-0.1, -0.05) is 32.9 Å². The lowest BCUT2D eigenvalue weighted by Gasteiger charge is -2.08. The minimum Gasteiger partial charge on any atom is -0.280 e. The fourth-order valence-corrected chi connectivity index (χ4v) is 2.59. The lowest BCUT2D eigenvalue weighted by molar-refractivity contribution is 0.582. The topological polar surface area (TPSA) is 61.3 Å². The van der Waals surface area contributed by atoms with Gasteiger partial charge in [0.1, 0.15) is 0 Å². The lowest BCUT2D eigenvalue weighted by Crippen LogP contribution is -2.24. The number of fused-ring (bicyclic) bond motifs is 1. The van der Waals surface area contributed by atoms with Gasteiger partial charge in [-0.3, -0.25) is 9.36 Å². The van der Waals surface area contributed by atoms with Crippen molar-refractivity contribution >= 4 is 5.65 Å². The molecule has 0 aliphatic rings. The molecule has 6 nitrogen and oxygen atoms in total. The van der Waals surface area contributed by atoms with E-state index in [0.29, 0.717) is 12.5 Å². The zero-order chi connectivity index (χ0) is 16.6. The van der Waals surface area contributed by atoms with Gasteiger partial charge in [0, 0.05) is 24.6 Å². The van der Waals surface area contributed by atoms with Crippen LogP contribution in [0, 0.1) is 0 Å². The molecule has 23 heavy (non-hydrogen) atoms. The molecule has 2 aromatic heterocycles. The molecule has 0 saturated heterocycles. The van der Waals surface area contributed by atoms with E-state index in [-0.39, 0.29) is 16.9 Å². The molecular weight excluding hydrogens is 292 g/mol. The molecule has 0 spiro atoms. The molecule has 0 saturated carbocycles. The fourth-order valence-electron chi connectivity index (χ4n) is 2.59. The number of benzene rings is 1. The number of nitrogens with zero attached hydrogens (tertiary/aromatic N) is 4. The Bertz CT molecular complexity index is 945. The molecule has 0 atom stereocenters. The first-order chi connectivity index (χ1) is 11.0. The molecule has 0 bridgehead atoms. The normalized spacial score (nSPS) is 11.5. The van der Waals surface area contributed by atoms with Gasteiger partial charge >= 0.3 is 11.2 Å². The SMILES string of the molecule is CCCn1nc2c(=O)n(-c3ccc(C(C)C)cc3)ccn2c1=O. The standard InChI is InChI=1S/C17H20N4O2/c1-4-9-21-17(23)20-11-10-19(16(22)15(20)18-21)14-7-5-13(6-8-14)12(2)3/h5-8,10-12H,4,9H2,1-3H3. The van der Waals surface area contributed by atoms with Gasteiger partial charge in [-0.25, -0.2) is 13.9 Å². The summed E-state index contributed by atoms with van der Waals surface area (Å²) in [6.07, 6.45) is 3.99. The second kappa shape index (κ2) is 5.87. The largest absolute Gasteiger partial charge is 0.350 e. The monoisotopic (exact) mass is 312 g/mol. The third-order valence-corrected chi connectivity index (χ3v) is 3.92. The Labute approximate surface area is 133 Å². The Kier molecular flexibility index (Phi) is 3.90. The van der Waals surface area contributed by atoms with E-state index in [2.05, 4.69) is 18.9 Å². The summed E-state index contributed by atoms with van der Waals surface area (Å²) in [6, 6.07) is 7.85. The molecule has 0 unspecified atom stereocenters. The molecule has 6 heteroatoms. The molecule has 0 N–H and O–H groups in total. The number of hydrogen-bond acceptors (Lipinski definition) is 3. The molecule has 0 aliphatic carbocycles. The first kappa shape index (κ1) is 15.3. The van der Waals surface area contributed by atoms with Crippen molar-refractivity contribution in [3.63, 3.8) is 0 Å². The first-order valence-corrected chi connectivity index (χ1v) is 7.84. The summed E-state index contributed by atoms with van der Waals surface area (Å²) in [5, 5.41) is 4.17. The third-order valence-electron chi connectivity index (χ3n) is 3.92. The average molecular weight is 312 g/mol. The van der Waals surface area contributed by atoms with Crippen LogP contribution in [-0.4, -0.2) is 18.7 Å². The van der Waals surface area contributed by atoms with Crippen LogP contribution < -0.4 is 11.2 Å². The highest BCUT2D eigenvalue weighted by Gasteiger charge is 2.12. The second-order valence-electron chi connectivity index (χ2n) is 5.92. The highest BCUT2D eigenvalue weighted by molar-refractivity contribution is 5.41. The van der Waals surface area contributed by atoms with E-state index in [1.165, 1.54) is 19.2 Å². The maximum absolute atomic E-state index is 12.6. The van der Waals surface area contributed by atoms with Gasteiger partial charge in [-0.05, 0) is 30.0 Å². The molecule has 3 rings (SSSR count). The summed E-state index contributed by atoms with van der Waals surface area (Å²) in [5.41, 5.74) is 1.56. The van der Waals surface area contributed by atoms with Crippen LogP contribution in [0.15, 0.2) is 46.2 Å². The van der Waals surface area contributed by atoms with Crippen molar-refractivity contribution in [2.75, 3.05) is 0 Å². The number of aryl methyl sites for hydroxylation is 1. The highest BCUT2D eigenvalue weighted by Crippen LogP contribution is 2.16. The third kappa shape index (κ3) is 2.60. The maximum atomic E-state index is 12.6. The summed E-state index contributed by atoms with van der Waals surface area (Å²) in [7, 11) is 0. The van der Waals surface area contributed by atoms with Gasteiger partial charge in [0.05, 0.1) is 0 Å². The van der Waals surface area contributed by atoms with Gasteiger partial charge in [-0.2, -0.15) is 0 Å². The van der Waals surface area contributed by atoms with Gasteiger partial charge in [0.25, 0.3) is 0 Å². The average Bonchev–Trinajstić information content (AvgIpc) is 2.86. The number of hydrogen-bond donors (Lipinski definition) is 0. The van der Waals surface area contributed by atoms with E-state index >= 15 is 0 Å². The minimum atomic E-state index is -0.295. The van der Waals surface area contributed by atoms with Crippen LogP contribution in [0.25, 0.3) is 11.3 Å². The van der Waals surface area contributed by atoms with E-state index in [1.54, 1.807) is 12.4 Å². The van der Waals surface area contributed by atoms with Crippen LogP contribution in [0.1, 0.15) is 38.7 Å². The number of rotatable bonds is 4. The first-order valence-electron chi connectivity index (χ1n) is 7.84. The lowest BCUT2D eigenvalue weighted by atomic mass is 10.0. The van der Waals surface area contributed by atoms with Crippen molar-refractivity contribution in [2.24, 2.45) is 0 Å². The van der Waals surface area contributed by atoms with Crippen molar-refractivity contribution in [1.29, 1.82) is 0 Å². The van der Waals surface area contributed by atoms with E-state index in [9.17, 15) is 9.59 Å². The quantitative estimate of drug-likeness (QED) is 0.742. The van der Waals surface area contributed by atoms with Crippen LogP contribution in [0.5, 0.6) is 0 Å². The molecule has 0 amide bonds. The summed E-state index contributed by atoms with van der Waals surface area (Å²) >= 11 is 0. The number of aromatic nitrogens is 4. The van der Waals surface area contributed by atoms with Crippen molar-refractivity contribution in [1.82, 2.24) is 18.7 Å². The summed E-state index contributed by atoms with van der Waals surface area (Å²) < 4.78 is 4.15. The highest BCUT2D eigenvalue weighted by atomic mass is 16.2. The van der Waals surface area contributed by atoms with Gasteiger partial charge in [0.2, 0.25) is 5.65 Å². The van der Waals surface area contributed by atoms with Gasteiger partial charge < -0.3 is 0 Å². The van der Waals surface area contributed by atoms with E-state index in [1.807, 2.05) is 31.2 Å². The molecular formula is C17H20N4O2. The van der Waals surface area contributed by atoms with Crippen LogP contribution in [0.4, 0.5) is 0 Å². The molecule has 0 aliphatic heterocycles. The van der Waals surface area contributed by atoms with Gasteiger partial charge in [0.15, 0.2) is 0 Å². The predicted octanol–water partition coefficient (Wildman–Crippen LogP) is 2.18. The maximum Gasteiger partial charge on any atom is 0.350 e. The van der Waals surface area contributed by atoms with Crippen LogP contribution >= 0.6 is 0 Å². The van der Waals surface area contributed by atoms with E-state index in [4.69, 9.17) is 0 Å². The van der Waals surface area contributed by atoms with E-state index < -0.39 is 0 Å². The molecule has 0 radical (unpaired) electrons. The molecule has 3 aromatic rings. The zero-order valence-electron chi connectivity index (χ0n) is 13.6. The molecule has 2 heterocycles. The van der Waals surface area contributed by atoms with Crippen LogP contribution in [-0.2, 0) is 6.54 Å². The Morgan fingerprint density at radius 1 is 1.09 bits per heavy atom. The Morgan fingerprint density at radius 2 is 1.78 bits per heavy atom. The molecule has 120 valence electrons. The Balaban J connectivity index is 2.14. The van der Waals surface area contributed by atoms with Crippen molar-refractivity contribution in [3.8, 4) is 5.69 Å². The summed E-state index contributed by atoms with van der Waals surface area (Å²) in [6.45, 7) is 6.72. The van der Waals surface area contributed by atoms with Crippen LogP contribution in [0.2, 0.25) is 0 Å². The minimum absolute atomic E-state index is 0.152. The molecule has 0 fully saturated rings. The van der Waals surface area contributed by atoms with E-state index in [0.717, 1.165) is 12.1 Å². The smallest absolute Gasteiger partial charge is 0.280 e. The zero-order valence-corrected chi connectivity index (χ0v) is 13.6. The Hall–Kier alpha value is -2.63. The van der Waals surface area contributed by atoms with Crippen LogP contribution in [0.3, 0.4) is 0 Å². The summed E-state index contributed by atoms with van der Waals surface area (Å²) in [4.78, 5) is 24.8. The fraction of sp³-hybridized carbons (Fsp3) is 0.353. The second-order valence-corrected chi connectivity index (χ2v) is 5.92. The van der Waals surface area contributed by atoms with Crippen molar-refractivity contribution < 1.29 is 0 Å². The summed E-state index contributed by atoms with van der Waals surface area (Å²) in [5.74, 6) is 0.437. The predicted molar refractivity (Wildman–Crippen MR) is 89.4 cm³/mol. The molecule has 1 aromatic carbocycles. The van der Waals surface area contributed by atoms with Crippen molar-refractivity contribution in [3.05, 3.63) is 63.1 Å². The van der Waals surface area contributed by atoms with Gasteiger partial charge in [-0.15, -0.1) is 5.10 Å².